The maximum atomic E-state index is 10.6. The van der Waals surface area contributed by atoms with Gasteiger partial charge in [0.25, 0.3) is 0 Å². The first-order chi connectivity index (χ1) is 5.72. The summed E-state index contributed by atoms with van der Waals surface area (Å²) in [5.74, 6) is 0.714. The Morgan fingerprint density at radius 3 is 3.00 bits per heavy atom. The standard InChI is InChI=1S/C8H11NOS2/c1-3-8-9-7(5-12-8)4-11-6(2)10/h5H,3-4H2,1-2H3. The quantitative estimate of drug-likeness (QED) is 0.752. The smallest absolute Gasteiger partial charge is 0.186 e. The predicted octanol–water partition coefficient (Wildman–Crippen LogP) is 2.49. The van der Waals surface area contributed by atoms with E-state index in [1.165, 1.54) is 11.8 Å². The van der Waals surface area contributed by atoms with Gasteiger partial charge in [0.2, 0.25) is 0 Å². The average molecular weight is 201 g/mol. The van der Waals surface area contributed by atoms with E-state index in [0.717, 1.165) is 17.1 Å². The van der Waals surface area contributed by atoms with Gasteiger partial charge in [-0.2, -0.15) is 0 Å². The summed E-state index contributed by atoms with van der Waals surface area (Å²) < 4.78 is 0. The molecule has 66 valence electrons. The highest BCUT2D eigenvalue weighted by atomic mass is 32.2. The number of rotatable bonds is 3. The zero-order chi connectivity index (χ0) is 8.97. The SMILES string of the molecule is CCc1nc(CSC(C)=O)cs1. The van der Waals surface area contributed by atoms with Crippen LogP contribution in [0.1, 0.15) is 24.5 Å². The first-order valence-corrected chi connectivity index (χ1v) is 5.65. The fourth-order valence-corrected chi connectivity index (χ4v) is 2.10. The van der Waals surface area contributed by atoms with Crippen LogP contribution < -0.4 is 0 Å². The van der Waals surface area contributed by atoms with Gasteiger partial charge in [-0.25, -0.2) is 4.98 Å². The van der Waals surface area contributed by atoms with Crippen LogP contribution in [-0.4, -0.2) is 10.1 Å². The van der Waals surface area contributed by atoms with Crippen molar-refractivity contribution in [1.82, 2.24) is 4.98 Å². The van der Waals surface area contributed by atoms with Crippen LogP contribution in [0.25, 0.3) is 0 Å². The van der Waals surface area contributed by atoms with E-state index in [1.54, 1.807) is 18.3 Å². The van der Waals surface area contributed by atoms with Crippen LogP contribution in [0.5, 0.6) is 0 Å². The summed E-state index contributed by atoms with van der Waals surface area (Å²) in [5.41, 5.74) is 1.03. The predicted molar refractivity (Wildman–Crippen MR) is 53.5 cm³/mol. The van der Waals surface area contributed by atoms with Crippen molar-refractivity contribution in [2.75, 3.05) is 0 Å². The Labute approximate surface area is 80.4 Å². The van der Waals surface area contributed by atoms with Gasteiger partial charge < -0.3 is 0 Å². The second-order valence-corrected chi connectivity index (χ2v) is 4.46. The third-order valence-corrected chi connectivity index (χ3v) is 3.21. The Balaban J connectivity index is 2.47. The molecule has 1 aromatic heterocycles. The first-order valence-electron chi connectivity index (χ1n) is 3.79. The Kier molecular flexibility index (Phi) is 3.75. The Hall–Kier alpha value is -0.350. The monoisotopic (exact) mass is 201 g/mol. The molecule has 0 fully saturated rings. The highest BCUT2D eigenvalue weighted by molar-refractivity contribution is 8.12. The highest BCUT2D eigenvalue weighted by Crippen LogP contribution is 2.16. The van der Waals surface area contributed by atoms with Gasteiger partial charge in [-0.1, -0.05) is 18.7 Å². The van der Waals surface area contributed by atoms with E-state index >= 15 is 0 Å². The van der Waals surface area contributed by atoms with Crippen molar-refractivity contribution in [3.05, 3.63) is 16.1 Å². The number of aryl methyl sites for hydroxylation is 1. The van der Waals surface area contributed by atoms with E-state index in [2.05, 4.69) is 11.9 Å². The topological polar surface area (TPSA) is 30.0 Å². The maximum absolute atomic E-state index is 10.6. The number of carbonyl (C=O) groups excluding carboxylic acids is 1. The summed E-state index contributed by atoms with van der Waals surface area (Å²) in [4.78, 5) is 15.0. The number of thioether (sulfide) groups is 1. The van der Waals surface area contributed by atoms with Gasteiger partial charge in [0.05, 0.1) is 10.7 Å². The second-order valence-electron chi connectivity index (χ2n) is 2.37. The van der Waals surface area contributed by atoms with Gasteiger partial charge in [0, 0.05) is 18.1 Å². The molecule has 0 unspecified atom stereocenters. The number of carbonyl (C=O) groups is 1. The maximum Gasteiger partial charge on any atom is 0.186 e. The Bertz CT molecular complexity index is 270. The fraction of sp³-hybridized carbons (Fsp3) is 0.500. The second kappa shape index (κ2) is 4.62. The normalized spacial score (nSPS) is 10.2. The van der Waals surface area contributed by atoms with Gasteiger partial charge in [0.15, 0.2) is 5.12 Å². The molecule has 4 heteroatoms. The first kappa shape index (κ1) is 9.74. The van der Waals surface area contributed by atoms with Gasteiger partial charge >= 0.3 is 0 Å². The summed E-state index contributed by atoms with van der Waals surface area (Å²) in [5, 5.41) is 3.32. The largest absolute Gasteiger partial charge is 0.288 e. The van der Waals surface area contributed by atoms with Crippen LogP contribution in [-0.2, 0) is 17.0 Å². The van der Waals surface area contributed by atoms with E-state index in [4.69, 9.17) is 0 Å². The number of aromatic nitrogens is 1. The molecule has 0 radical (unpaired) electrons. The molecule has 0 bridgehead atoms. The number of hydrogen-bond donors (Lipinski definition) is 0. The van der Waals surface area contributed by atoms with E-state index in [0.29, 0.717) is 5.75 Å². The lowest BCUT2D eigenvalue weighted by atomic mass is 10.5. The van der Waals surface area contributed by atoms with Crippen LogP contribution in [0.15, 0.2) is 5.38 Å². The molecule has 0 aliphatic carbocycles. The van der Waals surface area contributed by atoms with Crippen LogP contribution >= 0.6 is 23.1 Å². The summed E-state index contributed by atoms with van der Waals surface area (Å²) in [6, 6.07) is 0. The van der Waals surface area contributed by atoms with Crippen LogP contribution in [0.2, 0.25) is 0 Å². The molecule has 2 nitrogen and oxygen atoms in total. The van der Waals surface area contributed by atoms with E-state index in [9.17, 15) is 4.79 Å². The number of thiazole rings is 1. The molecule has 0 saturated heterocycles. The molecule has 0 spiro atoms. The van der Waals surface area contributed by atoms with Gasteiger partial charge in [-0.05, 0) is 6.42 Å². The lowest BCUT2D eigenvalue weighted by Gasteiger charge is -1.90. The molecule has 1 rings (SSSR count). The summed E-state index contributed by atoms with van der Waals surface area (Å²) in [6.45, 7) is 3.67. The molecule has 0 amide bonds. The molecule has 12 heavy (non-hydrogen) atoms. The average Bonchev–Trinajstić information content (AvgIpc) is 2.48. The fourth-order valence-electron chi connectivity index (χ4n) is 0.753. The molecular formula is C8H11NOS2. The van der Waals surface area contributed by atoms with Gasteiger partial charge in [-0.15, -0.1) is 11.3 Å². The molecule has 0 N–H and O–H groups in total. The van der Waals surface area contributed by atoms with Crippen LogP contribution in [0, 0.1) is 0 Å². The van der Waals surface area contributed by atoms with Crippen LogP contribution in [0.3, 0.4) is 0 Å². The summed E-state index contributed by atoms with van der Waals surface area (Å²) in [7, 11) is 0. The minimum Gasteiger partial charge on any atom is -0.288 e. The van der Waals surface area contributed by atoms with Crippen molar-refractivity contribution in [3.63, 3.8) is 0 Å². The Morgan fingerprint density at radius 1 is 1.75 bits per heavy atom. The van der Waals surface area contributed by atoms with E-state index < -0.39 is 0 Å². The third kappa shape index (κ3) is 2.95. The minimum atomic E-state index is 0.154. The van der Waals surface area contributed by atoms with Crippen molar-refractivity contribution < 1.29 is 4.79 Å². The van der Waals surface area contributed by atoms with Crippen molar-refractivity contribution in [1.29, 1.82) is 0 Å². The van der Waals surface area contributed by atoms with Gasteiger partial charge in [-0.3, -0.25) is 4.79 Å². The van der Waals surface area contributed by atoms with Crippen molar-refractivity contribution >= 4 is 28.2 Å². The summed E-state index contributed by atoms with van der Waals surface area (Å²) in [6.07, 6.45) is 0.982. The third-order valence-electron chi connectivity index (χ3n) is 1.33. The molecular weight excluding hydrogens is 190 g/mol. The molecule has 1 aromatic rings. The molecule has 0 atom stereocenters. The Morgan fingerprint density at radius 2 is 2.50 bits per heavy atom. The van der Waals surface area contributed by atoms with Gasteiger partial charge in [0.1, 0.15) is 0 Å². The van der Waals surface area contributed by atoms with E-state index in [-0.39, 0.29) is 5.12 Å². The zero-order valence-electron chi connectivity index (χ0n) is 7.16. The molecule has 0 aromatic carbocycles. The molecule has 0 aliphatic rings. The lowest BCUT2D eigenvalue weighted by Crippen LogP contribution is -1.86. The van der Waals surface area contributed by atoms with E-state index in [1.807, 2.05) is 5.38 Å². The highest BCUT2D eigenvalue weighted by Gasteiger charge is 2.01. The lowest BCUT2D eigenvalue weighted by molar-refractivity contribution is -0.109. The minimum absolute atomic E-state index is 0.154. The van der Waals surface area contributed by atoms with Crippen LogP contribution in [0.4, 0.5) is 0 Å². The summed E-state index contributed by atoms with van der Waals surface area (Å²) >= 11 is 2.98. The molecule has 0 saturated carbocycles. The van der Waals surface area contributed by atoms with Crippen molar-refractivity contribution in [3.8, 4) is 0 Å². The molecule has 1 heterocycles. The molecule has 0 aliphatic heterocycles. The van der Waals surface area contributed by atoms with Crippen molar-refractivity contribution in [2.45, 2.75) is 26.0 Å². The van der Waals surface area contributed by atoms with Crippen molar-refractivity contribution in [2.24, 2.45) is 0 Å². The number of nitrogens with zero attached hydrogens (tertiary/aromatic N) is 1. The zero-order valence-corrected chi connectivity index (χ0v) is 8.80. The number of hydrogen-bond acceptors (Lipinski definition) is 4.